The van der Waals surface area contributed by atoms with E-state index in [-0.39, 0.29) is 11.7 Å². The molecule has 1 amide bonds. The molecule has 88 valence electrons. The number of hydrogen-bond acceptors (Lipinski definition) is 3. The van der Waals surface area contributed by atoms with Gasteiger partial charge >= 0.3 is 0 Å². The number of nitrogens with two attached hydrogens (primary N) is 1. The number of carbonyl (C=O) groups excluding carboxylic acids is 1. The van der Waals surface area contributed by atoms with Gasteiger partial charge in [-0.1, -0.05) is 15.9 Å². The highest BCUT2D eigenvalue weighted by atomic mass is 79.9. The zero-order chi connectivity index (χ0) is 12.1. The average Bonchev–Trinajstić information content (AvgIpc) is 2.25. The fourth-order valence-corrected chi connectivity index (χ4v) is 1.67. The van der Waals surface area contributed by atoms with E-state index in [0.717, 1.165) is 10.9 Å². The number of carbonyl (C=O) groups is 1. The molecule has 3 N–H and O–H groups in total. The quantitative estimate of drug-likeness (QED) is 0.883. The molecular formula is C11H15BrN2O2. The van der Waals surface area contributed by atoms with Crippen molar-refractivity contribution in [1.29, 1.82) is 0 Å². The number of halogens is 1. The molecule has 0 spiro atoms. The minimum atomic E-state index is -0.196. The van der Waals surface area contributed by atoms with Gasteiger partial charge in [-0.3, -0.25) is 4.79 Å². The lowest BCUT2D eigenvalue weighted by molar-refractivity contribution is 0.0791. The molecule has 1 aromatic carbocycles. The molecule has 0 atom stereocenters. The Morgan fingerprint density at radius 1 is 1.56 bits per heavy atom. The summed E-state index contributed by atoms with van der Waals surface area (Å²) >= 11 is 3.22. The first kappa shape index (κ1) is 13.0. The van der Waals surface area contributed by atoms with Crippen molar-refractivity contribution in [3.8, 4) is 5.75 Å². The van der Waals surface area contributed by atoms with E-state index >= 15 is 0 Å². The van der Waals surface area contributed by atoms with Crippen molar-refractivity contribution in [2.24, 2.45) is 5.73 Å². The Balaban J connectivity index is 2.79. The van der Waals surface area contributed by atoms with E-state index in [1.807, 2.05) is 0 Å². The minimum absolute atomic E-state index is 0.0148. The van der Waals surface area contributed by atoms with Crippen molar-refractivity contribution in [2.45, 2.75) is 6.42 Å². The average molecular weight is 287 g/mol. The van der Waals surface area contributed by atoms with E-state index in [9.17, 15) is 9.90 Å². The maximum absolute atomic E-state index is 11.9. The third kappa shape index (κ3) is 3.21. The highest BCUT2D eigenvalue weighted by molar-refractivity contribution is 9.10. The van der Waals surface area contributed by atoms with Crippen LogP contribution < -0.4 is 5.73 Å². The summed E-state index contributed by atoms with van der Waals surface area (Å²) in [4.78, 5) is 13.4. The van der Waals surface area contributed by atoms with Crippen molar-refractivity contribution in [3.63, 3.8) is 0 Å². The zero-order valence-electron chi connectivity index (χ0n) is 9.11. The molecule has 5 heteroatoms. The van der Waals surface area contributed by atoms with Gasteiger partial charge in [-0.05, 0) is 31.2 Å². The Morgan fingerprint density at radius 2 is 2.25 bits per heavy atom. The number of phenolic OH excluding ortho intramolecular Hbond substituents is 1. The van der Waals surface area contributed by atoms with Crippen molar-refractivity contribution in [1.82, 2.24) is 4.90 Å². The molecule has 16 heavy (non-hydrogen) atoms. The van der Waals surface area contributed by atoms with Crippen LogP contribution >= 0.6 is 15.9 Å². The molecule has 0 heterocycles. The SMILES string of the molecule is CN(CCCN)C(=O)c1ccc(Br)cc1O. The predicted molar refractivity (Wildman–Crippen MR) is 66.4 cm³/mol. The Morgan fingerprint density at radius 3 is 2.81 bits per heavy atom. The third-order valence-electron chi connectivity index (χ3n) is 2.23. The van der Waals surface area contributed by atoms with Gasteiger partial charge in [0.25, 0.3) is 5.91 Å². The summed E-state index contributed by atoms with van der Waals surface area (Å²) in [6.45, 7) is 1.13. The Labute approximate surface area is 103 Å². The molecule has 0 radical (unpaired) electrons. The van der Waals surface area contributed by atoms with Crippen molar-refractivity contribution in [2.75, 3.05) is 20.1 Å². The van der Waals surface area contributed by atoms with Crippen LogP contribution in [0.15, 0.2) is 22.7 Å². The summed E-state index contributed by atoms with van der Waals surface area (Å²) in [5, 5.41) is 9.63. The van der Waals surface area contributed by atoms with Crippen molar-refractivity contribution >= 4 is 21.8 Å². The van der Waals surface area contributed by atoms with Gasteiger partial charge in [0.1, 0.15) is 5.75 Å². The van der Waals surface area contributed by atoms with E-state index in [0.29, 0.717) is 18.7 Å². The number of phenols is 1. The molecule has 0 aromatic heterocycles. The highest BCUT2D eigenvalue weighted by Crippen LogP contribution is 2.23. The van der Waals surface area contributed by atoms with Gasteiger partial charge in [0.05, 0.1) is 5.56 Å². The van der Waals surface area contributed by atoms with Gasteiger partial charge in [0.2, 0.25) is 0 Å². The molecule has 1 aromatic rings. The fourth-order valence-electron chi connectivity index (χ4n) is 1.32. The standard InChI is InChI=1S/C11H15BrN2O2/c1-14(6-2-5-13)11(16)9-4-3-8(12)7-10(9)15/h3-4,7,15H,2,5-6,13H2,1H3. The number of rotatable bonds is 4. The van der Waals surface area contributed by atoms with Crippen LogP contribution in [0.2, 0.25) is 0 Å². The molecule has 0 saturated heterocycles. The summed E-state index contributed by atoms with van der Waals surface area (Å²) in [5.41, 5.74) is 5.68. The van der Waals surface area contributed by atoms with Crippen LogP contribution in [0.3, 0.4) is 0 Å². The monoisotopic (exact) mass is 286 g/mol. The summed E-state index contributed by atoms with van der Waals surface area (Å²) in [7, 11) is 1.69. The van der Waals surface area contributed by atoms with E-state index in [1.165, 1.54) is 6.07 Å². The molecule has 1 rings (SSSR count). The summed E-state index contributed by atoms with van der Waals surface area (Å²) in [5.74, 6) is -0.211. The van der Waals surface area contributed by atoms with Gasteiger partial charge in [-0.2, -0.15) is 0 Å². The first-order valence-electron chi connectivity index (χ1n) is 5.00. The number of aromatic hydroxyl groups is 1. The van der Waals surface area contributed by atoms with Crippen LogP contribution in [0.4, 0.5) is 0 Å². The van der Waals surface area contributed by atoms with Gasteiger partial charge in [-0.15, -0.1) is 0 Å². The summed E-state index contributed by atoms with van der Waals surface area (Å²) < 4.78 is 0.742. The normalized spacial score (nSPS) is 10.2. The molecule has 0 aliphatic rings. The highest BCUT2D eigenvalue weighted by Gasteiger charge is 2.15. The topological polar surface area (TPSA) is 66.6 Å². The first-order valence-corrected chi connectivity index (χ1v) is 5.79. The molecule has 0 aliphatic heterocycles. The molecule has 0 fully saturated rings. The first-order chi connectivity index (χ1) is 7.56. The van der Waals surface area contributed by atoms with E-state index in [4.69, 9.17) is 5.73 Å². The van der Waals surface area contributed by atoms with Gasteiger partial charge < -0.3 is 15.7 Å². The molecule has 0 unspecified atom stereocenters. The summed E-state index contributed by atoms with van der Waals surface area (Å²) in [6, 6.07) is 4.83. The zero-order valence-corrected chi connectivity index (χ0v) is 10.7. The third-order valence-corrected chi connectivity index (χ3v) is 2.73. The van der Waals surface area contributed by atoms with Gasteiger partial charge in [-0.25, -0.2) is 0 Å². The lowest BCUT2D eigenvalue weighted by Crippen LogP contribution is -2.29. The van der Waals surface area contributed by atoms with Crippen LogP contribution in [0, 0.1) is 0 Å². The fraction of sp³-hybridized carbons (Fsp3) is 0.364. The smallest absolute Gasteiger partial charge is 0.257 e. The Kier molecular flexibility index (Phi) is 4.76. The largest absolute Gasteiger partial charge is 0.507 e. The van der Waals surface area contributed by atoms with E-state index in [1.54, 1.807) is 24.1 Å². The number of nitrogens with zero attached hydrogens (tertiary/aromatic N) is 1. The van der Waals surface area contributed by atoms with Crippen molar-refractivity contribution in [3.05, 3.63) is 28.2 Å². The lowest BCUT2D eigenvalue weighted by Gasteiger charge is -2.17. The molecule has 0 aliphatic carbocycles. The second kappa shape index (κ2) is 5.86. The Hall–Kier alpha value is -1.07. The molecular weight excluding hydrogens is 272 g/mol. The number of hydrogen-bond donors (Lipinski definition) is 2. The molecule has 0 bridgehead atoms. The van der Waals surface area contributed by atoms with Crippen LogP contribution in [-0.2, 0) is 0 Å². The molecule has 4 nitrogen and oxygen atoms in total. The van der Waals surface area contributed by atoms with Crippen LogP contribution in [0.5, 0.6) is 5.75 Å². The predicted octanol–water partition coefficient (Wildman–Crippen LogP) is 1.58. The second-order valence-electron chi connectivity index (χ2n) is 3.53. The maximum atomic E-state index is 11.9. The van der Waals surface area contributed by atoms with Crippen molar-refractivity contribution < 1.29 is 9.90 Å². The lowest BCUT2D eigenvalue weighted by atomic mass is 10.2. The Bertz CT molecular complexity index is 382. The van der Waals surface area contributed by atoms with Crippen LogP contribution in [-0.4, -0.2) is 36.1 Å². The minimum Gasteiger partial charge on any atom is -0.507 e. The number of amides is 1. The van der Waals surface area contributed by atoms with Crippen LogP contribution in [0.1, 0.15) is 16.8 Å². The van der Waals surface area contributed by atoms with Crippen LogP contribution in [0.25, 0.3) is 0 Å². The maximum Gasteiger partial charge on any atom is 0.257 e. The van der Waals surface area contributed by atoms with Gasteiger partial charge in [0.15, 0.2) is 0 Å². The molecule has 0 saturated carbocycles. The van der Waals surface area contributed by atoms with E-state index < -0.39 is 0 Å². The second-order valence-corrected chi connectivity index (χ2v) is 4.45. The number of benzene rings is 1. The summed E-state index contributed by atoms with van der Waals surface area (Å²) in [6.07, 6.45) is 0.750. The van der Waals surface area contributed by atoms with Gasteiger partial charge in [0, 0.05) is 18.1 Å². The van der Waals surface area contributed by atoms with E-state index in [2.05, 4.69) is 15.9 Å².